The van der Waals surface area contributed by atoms with E-state index >= 15 is 0 Å². The van der Waals surface area contributed by atoms with Gasteiger partial charge in [0.15, 0.2) is 11.6 Å². The minimum Gasteiger partial charge on any atom is -0.494 e. The van der Waals surface area contributed by atoms with Crippen LogP contribution < -0.4 is 10.1 Å². The Kier molecular flexibility index (Phi) is 4.45. The second-order valence-corrected chi connectivity index (χ2v) is 4.80. The monoisotopic (exact) mass is 297 g/mol. The Hall–Kier alpha value is -1.81. The highest BCUT2D eigenvalue weighted by atomic mass is 35.5. The van der Waals surface area contributed by atoms with Crippen molar-refractivity contribution in [3.63, 3.8) is 0 Å². The number of methoxy groups -OCH3 is 1. The van der Waals surface area contributed by atoms with Gasteiger partial charge in [0.25, 0.3) is 0 Å². The summed E-state index contributed by atoms with van der Waals surface area (Å²) in [5, 5.41) is 3.15. The topological polar surface area (TPSA) is 21.3 Å². The molecule has 2 aromatic carbocycles. The van der Waals surface area contributed by atoms with E-state index in [0.29, 0.717) is 5.69 Å². The van der Waals surface area contributed by atoms with Crippen molar-refractivity contribution in [2.75, 3.05) is 12.4 Å². The van der Waals surface area contributed by atoms with Crippen LogP contribution in [-0.4, -0.2) is 7.11 Å². The molecule has 0 aliphatic carbocycles. The lowest BCUT2D eigenvalue weighted by molar-refractivity contribution is 0.386. The summed E-state index contributed by atoms with van der Waals surface area (Å²) < 4.78 is 31.9. The van der Waals surface area contributed by atoms with E-state index in [-0.39, 0.29) is 16.8 Å². The Balaban J connectivity index is 2.17. The van der Waals surface area contributed by atoms with E-state index in [1.165, 1.54) is 25.3 Å². The molecule has 0 amide bonds. The summed E-state index contributed by atoms with van der Waals surface area (Å²) in [6, 6.07) is 8.97. The molecule has 1 atom stereocenters. The predicted molar refractivity (Wildman–Crippen MR) is 76.4 cm³/mol. The molecule has 5 heteroatoms. The smallest absolute Gasteiger partial charge is 0.165 e. The third-order valence-electron chi connectivity index (χ3n) is 2.98. The van der Waals surface area contributed by atoms with Gasteiger partial charge in [-0.05, 0) is 42.8 Å². The van der Waals surface area contributed by atoms with Crippen LogP contribution in [0.3, 0.4) is 0 Å². The molecule has 0 aliphatic rings. The SMILES string of the molecule is COc1ccc(C(C)Nc2ccc(Cl)c(F)c2)cc1F. The van der Waals surface area contributed by atoms with E-state index in [4.69, 9.17) is 16.3 Å². The number of nitrogens with one attached hydrogen (secondary N) is 1. The lowest BCUT2D eigenvalue weighted by Crippen LogP contribution is -2.07. The Morgan fingerprint density at radius 2 is 1.85 bits per heavy atom. The molecular weight excluding hydrogens is 284 g/mol. The maximum absolute atomic E-state index is 13.6. The number of anilines is 1. The van der Waals surface area contributed by atoms with Crippen molar-refractivity contribution in [3.05, 3.63) is 58.6 Å². The average Bonchev–Trinajstić information content (AvgIpc) is 2.42. The fraction of sp³-hybridized carbons (Fsp3) is 0.200. The summed E-state index contributed by atoms with van der Waals surface area (Å²) in [4.78, 5) is 0. The zero-order valence-corrected chi connectivity index (χ0v) is 11.8. The molecular formula is C15H14ClF2NO. The molecule has 20 heavy (non-hydrogen) atoms. The molecule has 0 saturated heterocycles. The summed E-state index contributed by atoms with van der Waals surface area (Å²) in [5.74, 6) is -0.732. The van der Waals surface area contributed by atoms with Crippen molar-refractivity contribution in [3.8, 4) is 5.75 Å². The van der Waals surface area contributed by atoms with E-state index in [9.17, 15) is 8.78 Å². The quantitative estimate of drug-likeness (QED) is 0.875. The summed E-state index contributed by atoms with van der Waals surface area (Å²) in [7, 11) is 1.41. The fourth-order valence-electron chi connectivity index (χ4n) is 1.87. The molecule has 0 saturated carbocycles. The number of benzene rings is 2. The van der Waals surface area contributed by atoms with Gasteiger partial charge in [-0.2, -0.15) is 0 Å². The van der Waals surface area contributed by atoms with Crippen molar-refractivity contribution < 1.29 is 13.5 Å². The molecule has 2 rings (SSSR count). The van der Waals surface area contributed by atoms with Crippen LogP contribution in [0, 0.1) is 11.6 Å². The Morgan fingerprint density at radius 1 is 1.10 bits per heavy atom. The molecule has 0 spiro atoms. The molecule has 106 valence electrons. The standard InChI is InChI=1S/C15H14ClF2NO/c1-9(10-3-6-15(20-2)14(18)7-10)19-11-4-5-12(16)13(17)8-11/h3-9,19H,1-2H3. The van der Waals surface area contributed by atoms with E-state index in [2.05, 4.69) is 5.32 Å². The number of hydrogen-bond donors (Lipinski definition) is 1. The molecule has 0 fully saturated rings. The third kappa shape index (κ3) is 3.20. The van der Waals surface area contributed by atoms with Crippen LogP contribution in [0.15, 0.2) is 36.4 Å². The van der Waals surface area contributed by atoms with Crippen LogP contribution in [0.25, 0.3) is 0 Å². The van der Waals surface area contributed by atoms with Crippen molar-refractivity contribution in [2.45, 2.75) is 13.0 Å². The van der Waals surface area contributed by atoms with Gasteiger partial charge in [0.2, 0.25) is 0 Å². The van der Waals surface area contributed by atoms with Gasteiger partial charge in [0.1, 0.15) is 5.82 Å². The van der Waals surface area contributed by atoms with Gasteiger partial charge in [0, 0.05) is 11.7 Å². The summed E-state index contributed by atoms with van der Waals surface area (Å²) in [6.07, 6.45) is 0. The number of hydrogen-bond acceptors (Lipinski definition) is 2. The molecule has 2 nitrogen and oxygen atoms in total. The molecule has 1 N–H and O–H groups in total. The fourth-order valence-corrected chi connectivity index (χ4v) is 1.99. The number of halogens is 3. The molecule has 0 heterocycles. The maximum Gasteiger partial charge on any atom is 0.165 e. The van der Waals surface area contributed by atoms with Gasteiger partial charge in [-0.1, -0.05) is 17.7 Å². The van der Waals surface area contributed by atoms with Gasteiger partial charge in [0.05, 0.1) is 12.1 Å². The molecule has 1 unspecified atom stereocenters. The van der Waals surface area contributed by atoms with Crippen LogP contribution >= 0.6 is 11.6 Å². The minimum atomic E-state index is -0.496. The summed E-state index contributed by atoms with van der Waals surface area (Å²) in [5.41, 5.74) is 1.31. The van der Waals surface area contributed by atoms with Crippen molar-refractivity contribution in [1.82, 2.24) is 0 Å². The molecule has 0 aliphatic heterocycles. The normalized spacial score (nSPS) is 12.1. The molecule has 2 aromatic rings. The molecule has 0 radical (unpaired) electrons. The maximum atomic E-state index is 13.6. The Labute approximate surface area is 121 Å². The first kappa shape index (κ1) is 14.6. The van der Waals surface area contributed by atoms with E-state index < -0.39 is 11.6 Å². The third-order valence-corrected chi connectivity index (χ3v) is 3.29. The van der Waals surface area contributed by atoms with Crippen LogP contribution in [0.1, 0.15) is 18.5 Å². The number of rotatable bonds is 4. The van der Waals surface area contributed by atoms with Gasteiger partial charge >= 0.3 is 0 Å². The van der Waals surface area contributed by atoms with Gasteiger partial charge in [-0.25, -0.2) is 8.78 Å². The largest absolute Gasteiger partial charge is 0.494 e. The highest BCUT2D eigenvalue weighted by Gasteiger charge is 2.10. The highest BCUT2D eigenvalue weighted by Crippen LogP contribution is 2.26. The van der Waals surface area contributed by atoms with Crippen molar-refractivity contribution in [2.24, 2.45) is 0 Å². The van der Waals surface area contributed by atoms with E-state index in [1.54, 1.807) is 18.2 Å². The lowest BCUT2D eigenvalue weighted by Gasteiger charge is -2.16. The Morgan fingerprint density at radius 3 is 2.45 bits per heavy atom. The van der Waals surface area contributed by atoms with E-state index in [0.717, 1.165) is 5.56 Å². The Bertz CT molecular complexity index is 619. The first-order valence-electron chi connectivity index (χ1n) is 6.06. The van der Waals surface area contributed by atoms with Gasteiger partial charge < -0.3 is 10.1 Å². The van der Waals surface area contributed by atoms with Crippen LogP contribution in [-0.2, 0) is 0 Å². The molecule has 0 bridgehead atoms. The second-order valence-electron chi connectivity index (χ2n) is 4.39. The minimum absolute atomic E-state index is 0.0682. The lowest BCUT2D eigenvalue weighted by atomic mass is 10.1. The predicted octanol–water partition coefficient (Wildman–Crippen LogP) is 4.80. The van der Waals surface area contributed by atoms with Crippen molar-refractivity contribution >= 4 is 17.3 Å². The van der Waals surface area contributed by atoms with Gasteiger partial charge in [-0.15, -0.1) is 0 Å². The molecule has 0 aromatic heterocycles. The zero-order chi connectivity index (χ0) is 14.7. The van der Waals surface area contributed by atoms with Crippen LogP contribution in [0.5, 0.6) is 5.75 Å². The van der Waals surface area contributed by atoms with Crippen LogP contribution in [0.4, 0.5) is 14.5 Å². The zero-order valence-electron chi connectivity index (χ0n) is 11.1. The van der Waals surface area contributed by atoms with Crippen LogP contribution in [0.2, 0.25) is 5.02 Å². The summed E-state index contributed by atoms with van der Waals surface area (Å²) in [6.45, 7) is 1.85. The number of ether oxygens (including phenoxy) is 1. The van der Waals surface area contributed by atoms with Crippen molar-refractivity contribution in [1.29, 1.82) is 0 Å². The first-order chi connectivity index (χ1) is 9.51. The highest BCUT2D eigenvalue weighted by molar-refractivity contribution is 6.30. The van der Waals surface area contributed by atoms with Gasteiger partial charge in [-0.3, -0.25) is 0 Å². The summed E-state index contributed by atoms with van der Waals surface area (Å²) >= 11 is 5.62. The average molecular weight is 298 g/mol. The van der Waals surface area contributed by atoms with E-state index in [1.807, 2.05) is 6.92 Å². The second kappa shape index (κ2) is 6.09. The first-order valence-corrected chi connectivity index (χ1v) is 6.44.